The summed E-state index contributed by atoms with van der Waals surface area (Å²) < 4.78 is 11.7. The van der Waals surface area contributed by atoms with Crippen LogP contribution in [0.1, 0.15) is 35.2 Å². The normalized spacial score (nSPS) is 17.4. The Balaban J connectivity index is 1.11. The molecule has 1 saturated heterocycles. The van der Waals surface area contributed by atoms with Crippen LogP contribution in [0.4, 0.5) is 0 Å². The molecular formula is C51H37N5O. The van der Waals surface area contributed by atoms with Gasteiger partial charge in [0.05, 0.1) is 46.0 Å². The van der Waals surface area contributed by atoms with Gasteiger partial charge in [-0.15, -0.1) is 0 Å². The van der Waals surface area contributed by atoms with Crippen LogP contribution in [0.15, 0.2) is 192 Å². The first kappa shape index (κ1) is 32.3. The molecule has 2 atom stereocenters. The highest BCUT2D eigenvalue weighted by molar-refractivity contribution is 6.33. The van der Waals surface area contributed by atoms with Crippen LogP contribution in [0.2, 0.25) is 0 Å². The third-order valence-electron chi connectivity index (χ3n) is 11.8. The van der Waals surface area contributed by atoms with Gasteiger partial charge in [0.15, 0.2) is 0 Å². The SMILES string of the molecule is c1ccc(C2NC(c3ccccc3)NC(c3cccc(-n4c5ccc6c7ccccc7oc6c5c5c6c7ccccc7n(-c7ccccc7)c6ccc54)c3)N2)cc1. The van der Waals surface area contributed by atoms with Gasteiger partial charge >= 0.3 is 0 Å². The Morgan fingerprint density at radius 3 is 1.58 bits per heavy atom. The fourth-order valence-corrected chi connectivity index (χ4v) is 9.31. The van der Waals surface area contributed by atoms with E-state index >= 15 is 0 Å². The minimum atomic E-state index is -0.132. The summed E-state index contributed by atoms with van der Waals surface area (Å²) in [4.78, 5) is 0. The van der Waals surface area contributed by atoms with Crippen molar-refractivity contribution in [2.24, 2.45) is 0 Å². The lowest BCUT2D eigenvalue weighted by Crippen LogP contribution is -2.54. The zero-order valence-corrected chi connectivity index (χ0v) is 30.9. The number of hydrogen-bond acceptors (Lipinski definition) is 4. The minimum absolute atomic E-state index is 0.0591. The molecule has 0 amide bonds. The summed E-state index contributed by atoms with van der Waals surface area (Å²) in [6.45, 7) is 0. The van der Waals surface area contributed by atoms with E-state index in [1.54, 1.807) is 0 Å². The van der Waals surface area contributed by atoms with Crippen LogP contribution < -0.4 is 16.0 Å². The van der Waals surface area contributed by atoms with Crippen molar-refractivity contribution < 1.29 is 4.42 Å². The lowest BCUT2D eigenvalue weighted by atomic mass is 10.0. The fourth-order valence-electron chi connectivity index (χ4n) is 9.31. The molecule has 1 aliphatic rings. The van der Waals surface area contributed by atoms with E-state index < -0.39 is 0 Å². The monoisotopic (exact) mass is 735 g/mol. The van der Waals surface area contributed by atoms with Crippen molar-refractivity contribution in [1.29, 1.82) is 0 Å². The number of rotatable bonds is 5. The Morgan fingerprint density at radius 2 is 0.860 bits per heavy atom. The van der Waals surface area contributed by atoms with Crippen LogP contribution in [-0.2, 0) is 0 Å². The molecule has 0 saturated carbocycles. The van der Waals surface area contributed by atoms with Crippen molar-refractivity contribution in [3.05, 3.63) is 205 Å². The van der Waals surface area contributed by atoms with Crippen LogP contribution in [-0.4, -0.2) is 9.13 Å². The standard InChI is InChI=1S/C51H37N5O/c1-4-15-32(16-5-1)49-52-50(33-17-6-2-7-18-33)54-51(53-49)34-19-14-22-36(31-34)56-42-30-29-41-45(39-24-10-12-25-40(39)55(41)35-20-8-3-9-21-35)46(42)47-43(56)28-27-38-37-23-11-13-26-44(37)57-48(38)47/h1-31,49-54H. The van der Waals surface area contributed by atoms with Crippen LogP contribution in [0.5, 0.6) is 0 Å². The summed E-state index contributed by atoms with van der Waals surface area (Å²) in [7, 11) is 0. The number of benzene rings is 8. The van der Waals surface area contributed by atoms with Gasteiger partial charge in [-0.3, -0.25) is 16.0 Å². The molecule has 3 aromatic heterocycles. The number of nitrogens with zero attached hydrogens (tertiary/aromatic N) is 2. The lowest BCUT2D eigenvalue weighted by molar-refractivity contribution is 0.203. The number of para-hydroxylation sites is 3. The first-order valence-electron chi connectivity index (χ1n) is 19.6. The van der Waals surface area contributed by atoms with Crippen molar-refractivity contribution >= 4 is 65.6 Å². The molecule has 57 heavy (non-hydrogen) atoms. The van der Waals surface area contributed by atoms with Crippen molar-refractivity contribution in [3.8, 4) is 11.4 Å². The summed E-state index contributed by atoms with van der Waals surface area (Å²) in [5.74, 6) is 0. The third-order valence-corrected chi connectivity index (χ3v) is 11.8. The summed E-state index contributed by atoms with van der Waals surface area (Å²) in [6.07, 6.45) is -0.250. The van der Waals surface area contributed by atoms with E-state index in [4.69, 9.17) is 4.42 Å². The number of furan rings is 1. The highest BCUT2D eigenvalue weighted by atomic mass is 16.3. The van der Waals surface area contributed by atoms with Crippen LogP contribution in [0.3, 0.4) is 0 Å². The number of aromatic nitrogens is 2. The molecule has 11 aromatic rings. The number of nitrogens with one attached hydrogen (secondary N) is 3. The van der Waals surface area contributed by atoms with Crippen molar-refractivity contribution in [2.75, 3.05) is 0 Å². The molecule has 6 heteroatoms. The molecule has 0 aliphatic carbocycles. The van der Waals surface area contributed by atoms with E-state index in [2.05, 4.69) is 213 Å². The molecule has 3 N–H and O–H groups in total. The smallest absolute Gasteiger partial charge is 0.145 e. The molecule has 6 nitrogen and oxygen atoms in total. The Morgan fingerprint density at radius 1 is 0.351 bits per heavy atom. The van der Waals surface area contributed by atoms with Gasteiger partial charge in [0.2, 0.25) is 0 Å². The topological polar surface area (TPSA) is 59.1 Å². The largest absolute Gasteiger partial charge is 0.455 e. The van der Waals surface area contributed by atoms with Gasteiger partial charge in [-0.1, -0.05) is 127 Å². The number of hydrogen-bond donors (Lipinski definition) is 3. The zero-order valence-electron chi connectivity index (χ0n) is 30.9. The maximum Gasteiger partial charge on any atom is 0.145 e. The van der Waals surface area contributed by atoms with E-state index in [-0.39, 0.29) is 18.5 Å². The second kappa shape index (κ2) is 12.8. The van der Waals surface area contributed by atoms with E-state index in [9.17, 15) is 0 Å². The summed E-state index contributed by atoms with van der Waals surface area (Å²) >= 11 is 0. The quantitative estimate of drug-likeness (QED) is 0.165. The molecule has 2 unspecified atom stereocenters. The second-order valence-corrected chi connectivity index (χ2v) is 15.0. The molecule has 1 fully saturated rings. The van der Waals surface area contributed by atoms with Gasteiger partial charge in [-0.25, -0.2) is 0 Å². The van der Waals surface area contributed by atoms with E-state index in [0.29, 0.717) is 0 Å². The first-order valence-corrected chi connectivity index (χ1v) is 19.6. The van der Waals surface area contributed by atoms with Crippen molar-refractivity contribution in [3.63, 3.8) is 0 Å². The first-order chi connectivity index (χ1) is 28.3. The average Bonchev–Trinajstić information content (AvgIpc) is 3.95. The van der Waals surface area contributed by atoms with Gasteiger partial charge in [-0.05, 0) is 77.4 Å². The molecule has 272 valence electrons. The Hall–Kier alpha value is -6.96. The van der Waals surface area contributed by atoms with E-state index in [1.807, 2.05) is 0 Å². The highest BCUT2D eigenvalue weighted by Gasteiger charge is 2.30. The lowest BCUT2D eigenvalue weighted by Gasteiger charge is -2.39. The van der Waals surface area contributed by atoms with Gasteiger partial charge in [0.1, 0.15) is 11.2 Å². The summed E-state index contributed by atoms with van der Waals surface area (Å²) in [6, 6.07) is 67.2. The van der Waals surface area contributed by atoms with Gasteiger partial charge in [0, 0.05) is 38.3 Å². The molecule has 0 spiro atoms. The molecule has 12 rings (SSSR count). The highest BCUT2D eigenvalue weighted by Crippen LogP contribution is 2.46. The summed E-state index contributed by atoms with van der Waals surface area (Å²) in [5.41, 5.74) is 12.1. The predicted molar refractivity (Wildman–Crippen MR) is 233 cm³/mol. The Bertz CT molecular complexity index is 3240. The molecule has 4 heterocycles. The molecule has 0 radical (unpaired) electrons. The third kappa shape index (κ3) is 5.02. The zero-order chi connectivity index (χ0) is 37.5. The molecule has 0 bridgehead atoms. The molecular weight excluding hydrogens is 699 g/mol. The number of fused-ring (bicyclic) bond motifs is 11. The maximum atomic E-state index is 6.85. The average molecular weight is 736 g/mol. The van der Waals surface area contributed by atoms with Gasteiger partial charge in [0.25, 0.3) is 0 Å². The van der Waals surface area contributed by atoms with Gasteiger partial charge < -0.3 is 13.6 Å². The predicted octanol–water partition coefficient (Wildman–Crippen LogP) is 12.0. The Kier molecular flexibility index (Phi) is 7.25. The van der Waals surface area contributed by atoms with Crippen LogP contribution >= 0.6 is 0 Å². The fraction of sp³-hybridized carbons (Fsp3) is 0.0588. The van der Waals surface area contributed by atoms with Gasteiger partial charge in [-0.2, -0.15) is 0 Å². The van der Waals surface area contributed by atoms with E-state index in [1.165, 1.54) is 32.8 Å². The van der Waals surface area contributed by atoms with Crippen molar-refractivity contribution in [2.45, 2.75) is 18.5 Å². The molecule has 8 aromatic carbocycles. The minimum Gasteiger partial charge on any atom is -0.455 e. The molecule has 1 aliphatic heterocycles. The maximum absolute atomic E-state index is 6.85. The van der Waals surface area contributed by atoms with Crippen LogP contribution in [0.25, 0.3) is 76.9 Å². The van der Waals surface area contributed by atoms with Crippen molar-refractivity contribution in [1.82, 2.24) is 25.1 Å². The van der Waals surface area contributed by atoms with E-state index in [0.717, 1.165) is 60.8 Å². The Labute approximate surface area is 328 Å². The second-order valence-electron chi connectivity index (χ2n) is 15.0. The summed E-state index contributed by atoms with van der Waals surface area (Å²) in [5, 5.41) is 18.6. The van der Waals surface area contributed by atoms with Crippen LogP contribution in [0, 0.1) is 0 Å².